The summed E-state index contributed by atoms with van der Waals surface area (Å²) < 4.78 is 16.3. The van der Waals surface area contributed by atoms with Crippen LogP contribution in [0.5, 0.6) is 17.4 Å². The van der Waals surface area contributed by atoms with E-state index < -0.39 is 0 Å². The van der Waals surface area contributed by atoms with Crippen molar-refractivity contribution in [1.29, 1.82) is 0 Å². The van der Waals surface area contributed by atoms with Crippen molar-refractivity contribution >= 4 is 29.9 Å². The summed E-state index contributed by atoms with van der Waals surface area (Å²) in [6.07, 6.45) is 8.01. The van der Waals surface area contributed by atoms with E-state index in [1.807, 2.05) is 42.6 Å². The van der Waals surface area contributed by atoms with Crippen molar-refractivity contribution in [2.24, 2.45) is 10.4 Å². The molecule has 176 valence electrons. The minimum Gasteiger partial charge on any atom is -0.497 e. The van der Waals surface area contributed by atoms with Gasteiger partial charge >= 0.3 is 0 Å². The van der Waals surface area contributed by atoms with Crippen LogP contribution in [0.15, 0.2) is 47.6 Å². The quantitative estimate of drug-likeness (QED) is 0.251. The molecule has 0 spiro atoms. The Morgan fingerprint density at radius 1 is 1.03 bits per heavy atom. The lowest BCUT2D eigenvalue weighted by atomic mass is 9.83. The third-order valence-corrected chi connectivity index (χ3v) is 5.89. The molecule has 0 radical (unpaired) electrons. The van der Waals surface area contributed by atoms with E-state index >= 15 is 0 Å². The lowest BCUT2D eigenvalue weighted by molar-refractivity contribution is 0.138. The Bertz CT molecular complexity index is 822. The highest BCUT2D eigenvalue weighted by atomic mass is 127. The molecule has 32 heavy (non-hydrogen) atoms. The average Bonchev–Trinajstić information content (AvgIpc) is 3.28. The Labute approximate surface area is 208 Å². The van der Waals surface area contributed by atoms with Crippen LogP contribution in [0.25, 0.3) is 0 Å². The fourth-order valence-corrected chi connectivity index (χ4v) is 3.98. The summed E-state index contributed by atoms with van der Waals surface area (Å²) in [5.41, 5.74) is 1.37. The molecule has 0 saturated heterocycles. The lowest BCUT2D eigenvalue weighted by Crippen LogP contribution is -2.43. The molecule has 8 heteroatoms. The van der Waals surface area contributed by atoms with Crippen LogP contribution in [0, 0.1) is 5.41 Å². The van der Waals surface area contributed by atoms with Crippen LogP contribution in [-0.2, 0) is 11.3 Å². The molecule has 0 bridgehead atoms. The molecule has 1 heterocycles. The number of aliphatic imine (C=N–C) groups is 1. The molecule has 3 rings (SSSR count). The zero-order valence-electron chi connectivity index (χ0n) is 19.2. The van der Waals surface area contributed by atoms with Crippen LogP contribution in [-0.4, -0.2) is 45.4 Å². The monoisotopic (exact) mass is 554 g/mol. The number of nitrogens with zero attached hydrogens (tertiary/aromatic N) is 2. The fraction of sp³-hybridized carbons (Fsp3) is 0.500. The molecule has 0 atom stereocenters. The van der Waals surface area contributed by atoms with Gasteiger partial charge in [-0.25, -0.2) is 4.98 Å². The average molecular weight is 554 g/mol. The topological polar surface area (TPSA) is 77.0 Å². The van der Waals surface area contributed by atoms with Gasteiger partial charge in [0.15, 0.2) is 5.96 Å². The van der Waals surface area contributed by atoms with Gasteiger partial charge in [0.2, 0.25) is 5.88 Å². The molecule has 1 aromatic heterocycles. The van der Waals surface area contributed by atoms with Gasteiger partial charge < -0.3 is 24.8 Å². The number of benzene rings is 1. The second-order valence-electron chi connectivity index (χ2n) is 8.01. The first-order chi connectivity index (χ1) is 15.2. The molecular weight excluding hydrogens is 519 g/mol. The molecule has 2 N–H and O–H groups in total. The molecule has 0 aliphatic heterocycles. The second kappa shape index (κ2) is 13.5. The number of halogens is 1. The van der Waals surface area contributed by atoms with Gasteiger partial charge in [-0.05, 0) is 54.5 Å². The Morgan fingerprint density at radius 3 is 2.34 bits per heavy atom. The van der Waals surface area contributed by atoms with Crippen molar-refractivity contribution in [1.82, 2.24) is 15.6 Å². The third-order valence-electron chi connectivity index (χ3n) is 5.89. The summed E-state index contributed by atoms with van der Waals surface area (Å²) in [6.45, 7) is 2.37. The summed E-state index contributed by atoms with van der Waals surface area (Å²) in [5, 5.41) is 6.89. The third kappa shape index (κ3) is 7.81. The number of nitrogens with one attached hydrogen (secondary N) is 2. The molecule has 2 aromatic rings. The van der Waals surface area contributed by atoms with Crippen molar-refractivity contribution < 1.29 is 14.2 Å². The molecule has 1 aromatic carbocycles. The molecule has 1 aliphatic rings. The summed E-state index contributed by atoms with van der Waals surface area (Å²) in [6, 6.07) is 11.3. The maximum absolute atomic E-state index is 5.79. The van der Waals surface area contributed by atoms with Crippen molar-refractivity contribution in [3.63, 3.8) is 0 Å². The number of guanidine groups is 1. The Kier molecular flexibility index (Phi) is 11.0. The summed E-state index contributed by atoms with van der Waals surface area (Å²) >= 11 is 0. The SMILES string of the molecule is CN=C(NCc1ccc(Oc2ccc(OC)cc2)nc1)NCC1(CCOC)CCCC1.I. The number of ether oxygens (including phenoxy) is 3. The van der Waals surface area contributed by atoms with Crippen LogP contribution >= 0.6 is 24.0 Å². The highest BCUT2D eigenvalue weighted by Crippen LogP contribution is 2.40. The van der Waals surface area contributed by atoms with E-state index in [4.69, 9.17) is 14.2 Å². The summed E-state index contributed by atoms with van der Waals surface area (Å²) in [5.74, 6) is 2.87. The van der Waals surface area contributed by atoms with Gasteiger partial charge in [0, 0.05) is 46.1 Å². The second-order valence-corrected chi connectivity index (χ2v) is 8.01. The van der Waals surface area contributed by atoms with E-state index in [0.29, 0.717) is 17.8 Å². The molecule has 1 aliphatic carbocycles. The normalized spacial score (nSPS) is 15.0. The van der Waals surface area contributed by atoms with Gasteiger partial charge in [-0.3, -0.25) is 4.99 Å². The van der Waals surface area contributed by atoms with E-state index in [9.17, 15) is 0 Å². The minimum absolute atomic E-state index is 0. The van der Waals surface area contributed by atoms with Gasteiger partial charge in [-0.2, -0.15) is 0 Å². The van der Waals surface area contributed by atoms with E-state index in [2.05, 4.69) is 20.6 Å². The number of rotatable bonds is 10. The van der Waals surface area contributed by atoms with Crippen LogP contribution in [0.2, 0.25) is 0 Å². The maximum atomic E-state index is 5.79. The lowest BCUT2D eigenvalue weighted by Gasteiger charge is -2.30. The largest absolute Gasteiger partial charge is 0.497 e. The molecule has 7 nitrogen and oxygen atoms in total. The molecule has 0 unspecified atom stereocenters. The van der Waals surface area contributed by atoms with Gasteiger partial charge in [-0.15, -0.1) is 24.0 Å². The predicted molar refractivity (Wildman–Crippen MR) is 138 cm³/mol. The van der Waals surface area contributed by atoms with E-state index in [1.54, 1.807) is 21.3 Å². The standard InChI is InChI=1S/C24H34N4O3.HI/c1-25-23(28-18-24(14-15-29-2)12-4-5-13-24)27-17-19-6-11-22(26-16-19)31-21-9-7-20(30-3)8-10-21;/h6-11,16H,4-5,12-15,17-18H2,1-3H3,(H2,25,27,28);1H. The van der Waals surface area contributed by atoms with E-state index in [1.165, 1.54) is 25.7 Å². The summed E-state index contributed by atoms with van der Waals surface area (Å²) in [7, 11) is 5.22. The van der Waals surface area contributed by atoms with Crippen LogP contribution in [0.1, 0.15) is 37.7 Å². The first kappa shape index (κ1) is 26.2. The number of methoxy groups -OCH3 is 2. The molecule has 1 saturated carbocycles. The smallest absolute Gasteiger partial charge is 0.219 e. The molecule has 1 fully saturated rings. The maximum Gasteiger partial charge on any atom is 0.219 e. The van der Waals surface area contributed by atoms with Crippen molar-refractivity contribution in [3.8, 4) is 17.4 Å². The number of aromatic nitrogens is 1. The zero-order chi connectivity index (χ0) is 21.9. The van der Waals surface area contributed by atoms with Crippen LogP contribution in [0.4, 0.5) is 0 Å². The Morgan fingerprint density at radius 2 is 1.75 bits per heavy atom. The van der Waals surface area contributed by atoms with E-state index in [-0.39, 0.29) is 24.0 Å². The zero-order valence-corrected chi connectivity index (χ0v) is 21.6. The first-order valence-corrected chi connectivity index (χ1v) is 10.9. The first-order valence-electron chi connectivity index (χ1n) is 10.9. The van der Waals surface area contributed by atoms with Gasteiger partial charge in [0.05, 0.1) is 7.11 Å². The van der Waals surface area contributed by atoms with Crippen LogP contribution in [0.3, 0.4) is 0 Å². The minimum atomic E-state index is 0. The number of hydrogen-bond acceptors (Lipinski definition) is 5. The van der Waals surface area contributed by atoms with Gasteiger partial charge in [0.25, 0.3) is 0 Å². The number of hydrogen-bond donors (Lipinski definition) is 2. The van der Waals surface area contributed by atoms with Crippen molar-refractivity contribution in [3.05, 3.63) is 48.2 Å². The van der Waals surface area contributed by atoms with Crippen molar-refractivity contribution in [2.75, 3.05) is 34.4 Å². The Hall–Kier alpha value is -2.07. The van der Waals surface area contributed by atoms with Crippen molar-refractivity contribution in [2.45, 2.75) is 38.6 Å². The molecular formula is C24H35IN4O3. The van der Waals surface area contributed by atoms with E-state index in [0.717, 1.165) is 42.6 Å². The Balaban J connectivity index is 0.00000363. The highest BCUT2D eigenvalue weighted by Gasteiger charge is 2.33. The summed E-state index contributed by atoms with van der Waals surface area (Å²) in [4.78, 5) is 8.78. The fourth-order valence-electron chi connectivity index (χ4n) is 3.98. The highest BCUT2D eigenvalue weighted by molar-refractivity contribution is 14.0. The van der Waals surface area contributed by atoms with Gasteiger partial charge in [0.1, 0.15) is 11.5 Å². The number of pyridine rings is 1. The predicted octanol–water partition coefficient (Wildman–Crippen LogP) is 4.76. The van der Waals surface area contributed by atoms with Gasteiger partial charge in [-0.1, -0.05) is 18.9 Å². The van der Waals surface area contributed by atoms with Crippen LogP contribution < -0.4 is 20.1 Å². The molecule has 0 amide bonds.